The normalized spacial score (nSPS) is 18.6. The zero-order chi connectivity index (χ0) is 13.4. The number of hydrogen-bond acceptors (Lipinski definition) is 3. The van der Waals surface area contributed by atoms with E-state index in [-0.39, 0.29) is 11.8 Å². The number of aryl methyl sites for hydroxylation is 1. The molecule has 0 bridgehead atoms. The van der Waals surface area contributed by atoms with Crippen molar-refractivity contribution in [2.45, 2.75) is 39.5 Å². The molecule has 3 rings (SSSR count). The van der Waals surface area contributed by atoms with Crippen molar-refractivity contribution >= 4 is 16.7 Å². The van der Waals surface area contributed by atoms with E-state index in [0.717, 1.165) is 23.2 Å². The largest absolute Gasteiger partial charge is 0.392 e. The molecule has 0 aliphatic carbocycles. The van der Waals surface area contributed by atoms with E-state index in [4.69, 9.17) is 4.84 Å². The van der Waals surface area contributed by atoms with E-state index in [0.29, 0.717) is 13.1 Å². The molecular weight excluding hydrogens is 242 g/mol. The average Bonchev–Trinajstić information content (AvgIpc) is 2.93. The number of hydrogen-bond donors (Lipinski definition) is 0. The van der Waals surface area contributed by atoms with Gasteiger partial charge in [-0.2, -0.15) is 0 Å². The smallest absolute Gasteiger partial charge is 0.329 e. The van der Waals surface area contributed by atoms with Crippen LogP contribution in [0.15, 0.2) is 34.2 Å². The first-order valence-electron chi connectivity index (χ1n) is 6.60. The highest BCUT2D eigenvalue weighted by molar-refractivity contribution is 5.87. The molecule has 5 nitrogen and oxygen atoms in total. The summed E-state index contributed by atoms with van der Waals surface area (Å²) in [5.74, 6) is 0. The predicted octanol–water partition coefficient (Wildman–Crippen LogP) is 1.99. The quantitative estimate of drug-likeness (QED) is 0.846. The Kier molecular flexibility index (Phi) is 2.89. The highest BCUT2D eigenvalue weighted by Crippen LogP contribution is 2.15. The van der Waals surface area contributed by atoms with Gasteiger partial charge in [0.15, 0.2) is 0 Å². The Morgan fingerprint density at radius 2 is 2.00 bits per heavy atom. The van der Waals surface area contributed by atoms with Crippen LogP contribution in [-0.4, -0.2) is 20.9 Å². The van der Waals surface area contributed by atoms with Crippen molar-refractivity contribution in [2.24, 2.45) is 5.16 Å². The number of rotatable bonds is 3. The van der Waals surface area contributed by atoms with Gasteiger partial charge in [-0.05, 0) is 26.0 Å². The standard InChI is InChI=1S/C14H17N3O2/c1-3-16-12-6-4-5-7-13(12)17(14(16)18)9-11-8-10(2)19-15-11/h4-7,10H,3,8-9H2,1-2H3. The lowest BCUT2D eigenvalue weighted by Crippen LogP contribution is -2.26. The maximum absolute atomic E-state index is 12.4. The summed E-state index contributed by atoms with van der Waals surface area (Å²) in [6, 6.07) is 7.86. The number of benzene rings is 1. The number of oxime groups is 1. The van der Waals surface area contributed by atoms with E-state index in [2.05, 4.69) is 5.16 Å². The molecule has 0 spiro atoms. The van der Waals surface area contributed by atoms with Gasteiger partial charge in [0.05, 0.1) is 23.3 Å². The Morgan fingerprint density at radius 1 is 1.32 bits per heavy atom. The Labute approximate surface area is 111 Å². The number of nitrogens with zero attached hydrogens (tertiary/aromatic N) is 3. The second-order valence-corrected chi connectivity index (χ2v) is 4.88. The zero-order valence-corrected chi connectivity index (χ0v) is 11.2. The van der Waals surface area contributed by atoms with Gasteiger partial charge in [-0.1, -0.05) is 17.3 Å². The second-order valence-electron chi connectivity index (χ2n) is 4.88. The molecule has 100 valence electrons. The van der Waals surface area contributed by atoms with Gasteiger partial charge in [0.25, 0.3) is 0 Å². The van der Waals surface area contributed by atoms with Crippen LogP contribution in [0, 0.1) is 0 Å². The van der Waals surface area contributed by atoms with E-state index in [1.807, 2.05) is 38.1 Å². The zero-order valence-electron chi connectivity index (χ0n) is 11.2. The van der Waals surface area contributed by atoms with Crippen LogP contribution in [0.4, 0.5) is 0 Å². The number of aromatic nitrogens is 2. The van der Waals surface area contributed by atoms with Gasteiger partial charge in [0, 0.05) is 13.0 Å². The summed E-state index contributed by atoms with van der Waals surface area (Å²) in [4.78, 5) is 17.6. The van der Waals surface area contributed by atoms with Crippen LogP contribution in [0.2, 0.25) is 0 Å². The molecule has 0 saturated carbocycles. The Bertz CT molecular complexity index is 696. The van der Waals surface area contributed by atoms with Crippen LogP contribution in [0.3, 0.4) is 0 Å². The molecule has 1 aromatic carbocycles. The van der Waals surface area contributed by atoms with E-state index in [1.165, 1.54) is 0 Å². The van der Waals surface area contributed by atoms with E-state index in [1.54, 1.807) is 9.13 Å². The summed E-state index contributed by atoms with van der Waals surface area (Å²) in [5, 5.41) is 4.04. The van der Waals surface area contributed by atoms with Crippen molar-refractivity contribution in [1.82, 2.24) is 9.13 Å². The first kappa shape index (κ1) is 12.0. The minimum Gasteiger partial charge on any atom is -0.392 e. The molecule has 19 heavy (non-hydrogen) atoms. The van der Waals surface area contributed by atoms with Crippen molar-refractivity contribution in [3.05, 3.63) is 34.7 Å². The van der Waals surface area contributed by atoms with E-state index >= 15 is 0 Å². The van der Waals surface area contributed by atoms with Gasteiger partial charge in [0.2, 0.25) is 0 Å². The molecule has 1 unspecified atom stereocenters. The lowest BCUT2D eigenvalue weighted by Gasteiger charge is -2.01. The molecule has 2 heterocycles. The van der Waals surface area contributed by atoms with Gasteiger partial charge in [0.1, 0.15) is 6.10 Å². The van der Waals surface area contributed by atoms with Crippen LogP contribution >= 0.6 is 0 Å². The fourth-order valence-corrected chi connectivity index (χ4v) is 2.58. The number of fused-ring (bicyclic) bond motifs is 1. The van der Waals surface area contributed by atoms with E-state index < -0.39 is 0 Å². The fraction of sp³-hybridized carbons (Fsp3) is 0.429. The molecule has 1 aliphatic heterocycles. The summed E-state index contributed by atoms with van der Waals surface area (Å²) in [6.45, 7) is 5.15. The first-order chi connectivity index (χ1) is 9.20. The van der Waals surface area contributed by atoms with Crippen molar-refractivity contribution in [3.63, 3.8) is 0 Å². The molecule has 0 fully saturated rings. The molecule has 0 amide bonds. The third-order valence-electron chi connectivity index (χ3n) is 3.47. The molecule has 1 atom stereocenters. The average molecular weight is 259 g/mol. The minimum atomic E-state index is 0.0194. The van der Waals surface area contributed by atoms with Crippen molar-refractivity contribution in [1.29, 1.82) is 0 Å². The predicted molar refractivity (Wildman–Crippen MR) is 74.5 cm³/mol. The number of para-hydroxylation sites is 2. The summed E-state index contributed by atoms with van der Waals surface area (Å²) in [5.41, 5.74) is 2.87. The van der Waals surface area contributed by atoms with Gasteiger partial charge < -0.3 is 4.84 Å². The molecule has 5 heteroatoms. The molecular formula is C14H17N3O2. The van der Waals surface area contributed by atoms with Crippen molar-refractivity contribution < 1.29 is 4.84 Å². The van der Waals surface area contributed by atoms with Crippen LogP contribution in [-0.2, 0) is 17.9 Å². The molecule has 2 aromatic rings. The topological polar surface area (TPSA) is 48.5 Å². The maximum Gasteiger partial charge on any atom is 0.329 e. The van der Waals surface area contributed by atoms with Crippen molar-refractivity contribution in [2.75, 3.05) is 0 Å². The van der Waals surface area contributed by atoms with Gasteiger partial charge in [-0.25, -0.2) is 4.79 Å². The molecule has 0 radical (unpaired) electrons. The molecule has 1 aliphatic rings. The van der Waals surface area contributed by atoms with Crippen LogP contribution in [0.25, 0.3) is 11.0 Å². The van der Waals surface area contributed by atoms with Crippen LogP contribution in [0.1, 0.15) is 20.3 Å². The highest BCUT2D eigenvalue weighted by Gasteiger charge is 2.19. The summed E-state index contributed by atoms with van der Waals surface area (Å²) >= 11 is 0. The van der Waals surface area contributed by atoms with Crippen LogP contribution in [0.5, 0.6) is 0 Å². The highest BCUT2D eigenvalue weighted by atomic mass is 16.6. The fourth-order valence-electron chi connectivity index (χ4n) is 2.58. The molecule has 1 aromatic heterocycles. The van der Waals surface area contributed by atoms with Crippen molar-refractivity contribution in [3.8, 4) is 0 Å². The Balaban J connectivity index is 2.08. The summed E-state index contributed by atoms with van der Waals surface area (Å²) in [6.07, 6.45) is 0.906. The lowest BCUT2D eigenvalue weighted by atomic mass is 10.2. The Morgan fingerprint density at radius 3 is 2.58 bits per heavy atom. The SMILES string of the molecule is CCn1c(=O)n(CC2=NOC(C)C2)c2ccccc21. The maximum atomic E-state index is 12.4. The lowest BCUT2D eigenvalue weighted by molar-refractivity contribution is 0.0995. The summed E-state index contributed by atoms with van der Waals surface area (Å²) < 4.78 is 3.56. The number of imidazole rings is 1. The van der Waals surface area contributed by atoms with Crippen LogP contribution < -0.4 is 5.69 Å². The minimum absolute atomic E-state index is 0.0194. The van der Waals surface area contributed by atoms with E-state index in [9.17, 15) is 4.79 Å². The van der Waals surface area contributed by atoms with Gasteiger partial charge in [-0.3, -0.25) is 9.13 Å². The third kappa shape index (κ3) is 1.95. The van der Waals surface area contributed by atoms with Gasteiger partial charge >= 0.3 is 5.69 Å². The second kappa shape index (κ2) is 4.57. The van der Waals surface area contributed by atoms with Gasteiger partial charge in [-0.15, -0.1) is 0 Å². The first-order valence-corrected chi connectivity index (χ1v) is 6.60. The monoisotopic (exact) mass is 259 g/mol. The molecule has 0 N–H and O–H groups in total. The molecule has 0 saturated heterocycles. The Hall–Kier alpha value is -2.04. The third-order valence-corrected chi connectivity index (χ3v) is 3.47. The summed E-state index contributed by atoms with van der Waals surface area (Å²) in [7, 11) is 0.